The number of fused-ring (bicyclic) bond motifs is 1. The molecule has 152 valence electrons. The second kappa shape index (κ2) is 8.03. The Balaban J connectivity index is 1.62. The van der Waals surface area contributed by atoms with Gasteiger partial charge >= 0.3 is 0 Å². The Hall–Kier alpha value is -3.99. The third-order valence-electron chi connectivity index (χ3n) is 5.64. The van der Waals surface area contributed by atoms with Crippen molar-refractivity contribution in [2.75, 3.05) is 0 Å². The van der Waals surface area contributed by atoms with Gasteiger partial charge in [-0.15, -0.1) is 0 Å². The van der Waals surface area contributed by atoms with Crippen molar-refractivity contribution in [3.05, 3.63) is 124 Å². The minimum Gasteiger partial charge on any atom is -0.295 e. The van der Waals surface area contributed by atoms with Crippen molar-refractivity contribution < 1.29 is 0 Å². The lowest BCUT2D eigenvalue weighted by Crippen LogP contribution is -2.21. The maximum Gasteiger partial charge on any atom is 0.275 e. The van der Waals surface area contributed by atoms with E-state index < -0.39 is 0 Å². The number of rotatable bonds is 5. The molecule has 0 spiro atoms. The highest BCUT2D eigenvalue weighted by Gasteiger charge is 2.24. The number of aryl methyl sites for hydroxylation is 1. The largest absolute Gasteiger partial charge is 0.295 e. The molecular formula is C26H22N4O. The summed E-state index contributed by atoms with van der Waals surface area (Å²) in [6, 6.07) is 25.8. The van der Waals surface area contributed by atoms with Gasteiger partial charge in [0.25, 0.3) is 5.56 Å². The summed E-state index contributed by atoms with van der Waals surface area (Å²) in [5, 5.41) is 4.36. The molecule has 0 saturated carbocycles. The molecule has 2 aromatic carbocycles. The smallest absolute Gasteiger partial charge is 0.275 e. The van der Waals surface area contributed by atoms with Crippen LogP contribution in [0.15, 0.2) is 96.1 Å². The highest BCUT2D eigenvalue weighted by Crippen LogP contribution is 2.28. The molecule has 5 nitrogen and oxygen atoms in total. The van der Waals surface area contributed by atoms with Crippen LogP contribution in [-0.2, 0) is 6.42 Å². The van der Waals surface area contributed by atoms with Crippen LogP contribution in [0.5, 0.6) is 0 Å². The predicted molar refractivity (Wildman–Crippen MR) is 123 cm³/mol. The van der Waals surface area contributed by atoms with Crippen LogP contribution in [0, 0.1) is 6.92 Å². The molecule has 0 aliphatic carbocycles. The normalized spacial score (nSPS) is 12.2. The molecule has 0 saturated heterocycles. The van der Waals surface area contributed by atoms with Crippen molar-refractivity contribution in [2.45, 2.75) is 19.3 Å². The van der Waals surface area contributed by atoms with E-state index in [0.29, 0.717) is 6.42 Å². The molecule has 5 aromatic rings. The number of H-pyrrole nitrogens is 1. The quantitative estimate of drug-likeness (QED) is 0.456. The molecule has 0 aliphatic rings. The third-order valence-corrected chi connectivity index (χ3v) is 5.64. The van der Waals surface area contributed by atoms with Crippen LogP contribution in [0.25, 0.3) is 16.6 Å². The van der Waals surface area contributed by atoms with E-state index in [2.05, 4.69) is 22.2 Å². The van der Waals surface area contributed by atoms with E-state index in [-0.39, 0.29) is 11.5 Å². The van der Waals surface area contributed by atoms with Crippen molar-refractivity contribution in [1.82, 2.24) is 19.7 Å². The zero-order valence-electron chi connectivity index (χ0n) is 17.2. The fraction of sp³-hybridized carbons (Fsp3) is 0.115. The number of aromatic amines is 1. The highest BCUT2D eigenvalue weighted by atomic mass is 16.1. The summed E-state index contributed by atoms with van der Waals surface area (Å²) in [6.45, 7) is 1.95. The third kappa shape index (κ3) is 3.66. The second-order valence-electron chi connectivity index (χ2n) is 7.66. The van der Waals surface area contributed by atoms with Crippen LogP contribution >= 0.6 is 0 Å². The monoisotopic (exact) mass is 406 g/mol. The van der Waals surface area contributed by atoms with Gasteiger partial charge in [0, 0.05) is 47.1 Å². The van der Waals surface area contributed by atoms with Gasteiger partial charge in [-0.25, -0.2) is 4.68 Å². The van der Waals surface area contributed by atoms with Crippen LogP contribution < -0.4 is 5.56 Å². The van der Waals surface area contributed by atoms with Crippen LogP contribution in [0.2, 0.25) is 0 Å². The Kier molecular flexibility index (Phi) is 4.92. The molecule has 0 aliphatic heterocycles. The maximum atomic E-state index is 13.5. The molecule has 3 aromatic heterocycles. The van der Waals surface area contributed by atoms with Gasteiger partial charge in [-0.1, -0.05) is 48.5 Å². The summed E-state index contributed by atoms with van der Waals surface area (Å²) >= 11 is 0. The van der Waals surface area contributed by atoms with Crippen molar-refractivity contribution >= 4 is 10.9 Å². The van der Waals surface area contributed by atoms with E-state index in [1.807, 2.05) is 79.9 Å². The first-order chi connectivity index (χ1) is 15.2. The number of nitrogens with one attached hydrogen (secondary N) is 1. The first kappa shape index (κ1) is 19.0. The molecule has 3 heterocycles. The lowest BCUT2D eigenvalue weighted by molar-refractivity contribution is 0.767. The summed E-state index contributed by atoms with van der Waals surface area (Å²) in [5.74, 6) is -0.156. The first-order valence-corrected chi connectivity index (χ1v) is 10.3. The second-order valence-corrected chi connectivity index (χ2v) is 7.66. The predicted octanol–water partition coefficient (Wildman–Crippen LogP) is 4.79. The van der Waals surface area contributed by atoms with Crippen molar-refractivity contribution in [2.24, 2.45) is 0 Å². The number of aromatic nitrogens is 4. The molecule has 1 unspecified atom stereocenters. The summed E-state index contributed by atoms with van der Waals surface area (Å²) in [7, 11) is 0. The molecule has 5 rings (SSSR count). The van der Waals surface area contributed by atoms with Crippen LogP contribution in [0.4, 0.5) is 0 Å². The molecule has 0 fully saturated rings. The minimum absolute atomic E-state index is 0.0432. The molecule has 0 radical (unpaired) electrons. The number of para-hydroxylation sites is 2. The summed E-state index contributed by atoms with van der Waals surface area (Å²) in [4.78, 5) is 22.7. The van der Waals surface area contributed by atoms with Gasteiger partial charge in [-0.3, -0.25) is 19.9 Å². The molecule has 1 N–H and O–H groups in total. The van der Waals surface area contributed by atoms with Gasteiger partial charge < -0.3 is 0 Å². The van der Waals surface area contributed by atoms with Gasteiger partial charge in [-0.05, 0) is 42.8 Å². The van der Waals surface area contributed by atoms with Gasteiger partial charge in [0.2, 0.25) is 0 Å². The standard InChI is InChI=1S/C26H22N4O/c1-18-25(26(31)30(29-18)22-10-3-2-4-11-22)23(20-9-7-15-27-17-20)16-21-14-13-19-8-5-6-12-24(19)28-21/h2-15,17,23,29H,16H2,1H3. The topological polar surface area (TPSA) is 63.6 Å². The summed E-state index contributed by atoms with van der Waals surface area (Å²) < 4.78 is 1.61. The molecule has 0 bridgehead atoms. The van der Waals surface area contributed by atoms with Crippen LogP contribution in [0.3, 0.4) is 0 Å². The molecular weight excluding hydrogens is 384 g/mol. The number of hydrogen-bond acceptors (Lipinski definition) is 3. The Morgan fingerprint density at radius 1 is 0.935 bits per heavy atom. The molecule has 5 heteroatoms. The minimum atomic E-state index is -0.156. The van der Waals surface area contributed by atoms with Crippen LogP contribution in [-0.4, -0.2) is 19.7 Å². The van der Waals surface area contributed by atoms with Gasteiger partial charge in [0.1, 0.15) is 0 Å². The van der Waals surface area contributed by atoms with Crippen molar-refractivity contribution in [3.8, 4) is 5.69 Å². The average molecular weight is 406 g/mol. The average Bonchev–Trinajstić information content (AvgIpc) is 3.12. The van der Waals surface area contributed by atoms with Gasteiger partial charge in [-0.2, -0.15) is 0 Å². The number of hydrogen-bond donors (Lipinski definition) is 1. The number of nitrogens with zero attached hydrogens (tertiary/aromatic N) is 3. The van der Waals surface area contributed by atoms with E-state index in [4.69, 9.17) is 4.98 Å². The summed E-state index contributed by atoms with van der Waals surface area (Å²) in [6.07, 6.45) is 4.20. The fourth-order valence-corrected chi connectivity index (χ4v) is 4.13. The zero-order valence-corrected chi connectivity index (χ0v) is 17.2. The lowest BCUT2D eigenvalue weighted by Gasteiger charge is -2.16. The highest BCUT2D eigenvalue weighted by molar-refractivity contribution is 5.78. The zero-order chi connectivity index (χ0) is 21.2. The Morgan fingerprint density at radius 2 is 1.74 bits per heavy atom. The van der Waals surface area contributed by atoms with Gasteiger partial charge in [0.15, 0.2) is 0 Å². The fourth-order valence-electron chi connectivity index (χ4n) is 4.13. The Labute approximate surface area is 180 Å². The molecule has 0 amide bonds. The lowest BCUT2D eigenvalue weighted by atomic mass is 9.88. The SMILES string of the molecule is Cc1[nH]n(-c2ccccc2)c(=O)c1C(Cc1ccc2ccccc2n1)c1cccnc1. The van der Waals surface area contributed by atoms with Crippen molar-refractivity contribution in [3.63, 3.8) is 0 Å². The Bertz CT molecular complexity index is 1390. The first-order valence-electron chi connectivity index (χ1n) is 10.3. The van der Waals surface area contributed by atoms with Crippen molar-refractivity contribution in [1.29, 1.82) is 0 Å². The Morgan fingerprint density at radius 3 is 2.55 bits per heavy atom. The molecule has 31 heavy (non-hydrogen) atoms. The van der Waals surface area contributed by atoms with E-state index >= 15 is 0 Å². The van der Waals surface area contributed by atoms with E-state index in [1.54, 1.807) is 10.9 Å². The number of pyridine rings is 2. The van der Waals surface area contributed by atoms with E-state index in [1.165, 1.54) is 0 Å². The van der Waals surface area contributed by atoms with E-state index in [0.717, 1.165) is 39.1 Å². The van der Waals surface area contributed by atoms with Crippen LogP contribution in [0.1, 0.15) is 28.4 Å². The molecule has 1 atom stereocenters. The maximum absolute atomic E-state index is 13.5. The van der Waals surface area contributed by atoms with E-state index in [9.17, 15) is 4.79 Å². The summed E-state index contributed by atoms with van der Waals surface area (Å²) in [5.41, 5.74) is 5.26. The number of benzene rings is 2. The van der Waals surface area contributed by atoms with Gasteiger partial charge in [0.05, 0.1) is 11.2 Å².